The van der Waals surface area contributed by atoms with Gasteiger partial charge in [0.05, 0.1) is 10.9 Å². The number of anilines is 1. The lowest BCUT2D eigenvalue weighted by molar-refractivity contribution is 0.146. The molecule has 1 aromatic carbocycles. The van der Waals surface area contributed by atoms with Gasteiger partial charge in [0, 0.05) is 17.8 Å². The van der Waals surface area contributed by atoms with Gasteiger partial charge in [0.2, 0.25) is 0 Å². The zero-order valence-corrected chi connectivity index (χ0v) is 23.5. The summed E-state index contributed by atoms with van der Waals surface area (Å²) in [6, 6.07) is 6.22. The molecular formula is C29H41F3N6. The molecule has 38 heavy (non-hydrogen) atoms. The first kappa shape index (κ1) is 29.8. The van der Waals surface area contributed by atoms with Crippen molar-refractivity contribution in [2.75, 3.05) is 46.1 Å². The van der Waals surface area contributed by atoms with Crippen LogP contribution < -0.4 is 5.32 Å². The van der Waals surface area contributed by atoms with E-state index >= 15 is 0 Å². The largest absolute Gasteiger partial charge is 0.365 e. The van der Waals surface area contributed by atoms with Crippen LogP contribution in [0.4, 0.5) is 19.0 Å². The quantitative estimate of drug-likeness (QED) is 0.348. The minimum absolute atomic E-state index is 0.0338. The van der Waals surface area contributed by atoms with Gasteiger partial charge < -0.3 is 15.1 Å². The van der Waals surface area contributed by atoms with E-state index in [2.05, 4.69) is 52.3 Å². The zero-order valence-electron chi connectivity index (χ0n) is 23.5. The van der Waals surface area contributed by atoms with Crippen LogP contribution in [0.2, 0.25) is 0 Å². The smallest absolute Gasteiger partial charge is 0.266 e. The molecule has 0 atom stereocenters. The number of likely N-dealkylation sites (tertiary alicyclic amines) is 1. The van der Waals surface area contributed by atoms with E-state index in [0.29, 0.717) is 23.2 Å². The number of halogens is 3. The number of hydrogen-bond donors (Lipinski definition) is 1. The topological polar surface area (TPSA) is 57.2 Å². The summed E-state index contributed by atoms with van der Waals surface area (Å²) in [4.78, 5) is 18.7. The highest BCUT2D eigenvalue weighted by Crippen LogP contribution is 2.34. The van der Waals surface area contributed by atoms with Gasteiger partial charge in [-0.15, -0.1) is 0 Å². The first-order chi connectivity index (χ1) is 18.2. The molecule has 208 valence electrons. The van der Waals surface area contributed by atoms with E-state index < -0.39 is 17.8 Å². The van der Waals surface area contributed by atoms with Crippen LogP contribution in [0.15, 0.2) is 24.3 Å². The summed E-state index contributed by atoms with van der Waals surface area (Å²) in [6.45, 7) is 8.88. The van der Waals surface area contributed by atoms with Crippen molar-refractivity contribution < 1.29 is 13.2 Å². The molecule has 0 radical (unpaired) electrons. The number of aryl methyl sites for hydroxylation is 2. The number of alkyl halides is 2. The lowest BCUT2D eigenvalue weighted by Crippen LogP contribution is -2.29. The maximum Gasteiger partial charge on any atom is 0.266 e. The van der Waals surface area contributed by atoms with E-state index in [9.17, 15) is 13.2 Å². The Bertz CT molecular complexity index is 1190. The Morgan fingerprint density at radius 2 is 1.82 bits per heavy atom. The van der Waals surface area contributed by atoms with Gasteiger partial charge >= 0.3 is 0 Å². The van der Waals surface area contributed by atoms with Gasteiger partial charge in [-0.1, -0.05) is 32.0 Å². The molecule has 1 aliphatic heterocycles. The maximum absolute atomic E-state index is 14.6. The van der Waals surface area contributed by atoms with Crippen LogP contribution in [0.3, 0.4) is 0 Å². The van der Waals surface area contributed by atoms with Crippen molar-refractivity contribution in [1.82, 2.24) is 24.8 Å². The third kappa shape index (κ3) is 7.41. The molecule has 3 heterocycles. The molecule has 0 amide bonds. The molecule has 1 fully saturated rings. The first-order valence-electron chi connectivity index (χ1n) is 13.5. The normalized spacial score (nSPS) is 14.7. The van der Waals surface area contributed by atoms with E-state index in [0.717, 1.165) is 62.5 Å². The number of fused-ring (bicyclic) bond motifs is 1. The van der Waals surface area contributed by atoms with Gasteiger partial charge in [0.1, 0.15) is 17.5 Å². The average molecular weight is 531 g/mol. The number of aromatic nitrogens is 3. The van der Waals surface area contributed by atoms with E-state index in [1.807, 2.05) is 13.8 Å². The number of piperidine rings is 1. The van der Waals surface area contributed by atoms with E-state index in [-0.39, 0.29) is 12.1 Å². The van der Waals surface area contributed by atoms with Crippen molar-refractivity contribution in [3.8, 4) is 0 Å². The Balaban J connectivity index is 0.00000195. The van der Waals surface area contributed by atoms with E-state index in [4.69, 9.17) is 4.98 Å². The molecule has 1 N–H and O–H groups in total. The molecule has 1 saturated heterocycles. The van der Waals surface area contributed by atoms with Crippen LogP contribution in [0, 0.1) is 12.7 Å². The highest BCUT2D eigenvalue weighted by Gasteiger charge is 2.24. The fourth-order valence-corrected chi connectivity index (χ4v) is 4.87. The number of rotatable bonds is 9. The van der Waals surface area contributed by atoms with Gasteiger partial charge in [-0.3, -0.25) is 0 Å². The minimum Gasteiger partial charge on any atom is -0.365 e. The fourth-order valence-electron chi connectivity index (χ4n) is 4.87. The predicted molar refractivity (Wildman–Crippen MR) is 148 cm³/mol. The standard InChI is InChI=1S/C27H35F3N6.C2H6/c1-17-32-26(31-16-19-7-5-8-20(24(19)28)25(29)30)22-15-21(18-10-13-36(4)14-11-18)23(34-27(22)33-17)9-6-12-35(2)3;1-2/h5,7-8,15,18,25H,6,9-14,16H2,1-4H3,(H,31,32,33,34);1-2H3. The molecule has 0 unspecified atom stereocenters. The van der Waals surface area contributed by atoms with Crippen LogP contribution in [-0.4, -0.2) is 65.5 Å². The zero-order chi connectivity index (χ0) is 27.8. The molecule has 9 heteroatoms. The van der Waals surface area contributed by atoms with Crippen LogP contribution in [0.25, 0.3) is 11.0 Å². The summed E-state index contributed by atoms with van der Waals surface area (Å²) in [6.07, 6.45) is 1.13. The lowest BCUT2D eigenvalue weighted by atomic mass is 9.87. The molecule has 0 aliphatic carbocycles. The lowest BCUT2D eigenvalue weighted by Gasteiger charge is -2.30. The second-order valence-electron chi connectivity index (χ2n) is 9.97. The second kappa shape index (κ2) is 13.8. The first-order valence-corrected chi connectivity index (χ1v) is 13.5. The van der Waals surface area contributed by atoms with Crippen molar-refractivity contribution in [2.24, 2.45) is 0 Å². The molecule has 0 saturated carbocycles. The van der Waals surface area contributed by atoms with Crippen molar-refractivity contribution in [3.63, 3.8) is 0 Å². The summed E-state index contributed by atoms with van der Waals surface area (Å²) in [5, 5.41) is 3.95. The van der Waals surface area contributed by atoms with Crippen LogP contribution in [-0.2, 0) is 13.0 Å². The Hall–Kier alpha value is -2.78. The molecule has 4 rings (SSSR count). The highest BCUT2D eigenvalue weighted by atomic mass is 19.3. The molecule has 0 bridgehead atoms. The summed E-state index contributed by atoms with van der Waals surface area (Å²) < 4.78 is 40.9. The minimum atomic E-state index is -2.86. The maximum atomic E-state index is 14.6. The van der Waals surface area contributed by atoms with Gasteiger partial charge in [-0.05, 0) is 90.9 Å². The number of hydrogen-bond acceptors (Lipinski definition) is 6. The molecule has 1 aliphatic rings. The predicted octanol–water partition coefficient (Wildman–Crippen LogP) is 6.35. The molecule has 2 aromatic heterocycles. The average Bonchev–Trinajstić information content (AvgIpc) is 2.89. The van der Waals surface area contributed by atoms with Crippen molar-refractivity contribution in [2.45, 2.75) is 65.3 Å². The summed E-state index contributed by atoms with van der Waals surface area (Å²) >= 11 is 0. The highest BCUT2D eigenvalue weighted by molar-refractivity contribution is 5.87. The fraction of sp³-hybridized carbons (Fsp3) is 0.552. The van der Waals surface area contributed by atoms with Gasteiger partial charge in [-0.2, -0.15) is 0 Å². The third-order valence-corrected chi connectivity index (χ3v) is 6.88. The van der Waals surface area contributed by atoms with Crippen molar-refractivity contribution in [1.29, 1.82) is 0 Å². The molecule has 6 nitrogen and oxygen atoms in total. The molecule has 3 aromatic rings. The second-order valence-corrected chi connectivity index (χ2v) is 9.97. The third-order valence-electron chi connectivity index (χ3n) is 6.88. The summed E-state index contributed by atoms with van der Waals surface area (Å²) in [5.74, 6) is 0.608. The Labute approximate surface area is 224 Å². The van der Waals surface area contributed by atoms with Gasteiger partial charge in [-0.25, -0.2) is 28.1 Å². The Morgan fingerprint density at radius 1 is 1.11 bits per heavy atom. The SMILES string of the molecule is CC.Cc1nc(NCc2cccc(C(F)F)c2F)c2cc(C3CCN(C)CC3)c(CCCN(C)C)nc2n1. The van der Waals surface area contributed by atoms with E-state index in [1.165, 1.54) is 17.7 Å². The monoisotopic (exact) mass is 530 g/mol. The molecular weight excluding hydrogens is 489 g/mol. The van der Waals surface area contributed by atoms with Gasteiger partial charge in [0.15, 0.2) is 5.65 Å². The number of benzene rings is 1. The summed E-state index contributed by atoms with van der Waals surface area (Å²) in [7, 11) is 6.29. The number of nitrogens with zero attached hydrogens (tertiary/aromatic N) is 5. The van der Waals surface area contributed by atoms with Crippen LogP contribution >= 0.6 is 0 Å². The number of pyridine rings is 1. The van der Waals surface area contributed by atoms with Gasteiger partial charge in [0.25, 0.3) is 6.43 Å². The Kier molecular flexibility index (Phi) is 10.8. The number of nitrogens with one attached hydrogen (secondary N) is 1. The van der Waals surface area contributed by atoms with Crippen molar-refractivity contribution in [3.05, 3.63) is 58.3 Å². The van der Waals surface area contributed by atoms with Crippen LogP contribution in [0.1, 0.15) is 73.7 Å². The van der Waals surface area contributed by atoms with Crippen LogP contribution in [0.5, 0.6) is 0 Å². The van der Waals surface area contributed by atoms with E-state index in [1.54, 1.807) is 6.92 Å². The summed E-state index contributed by atoms with van der Waals surface area (Å²) in [5.41, 5.74) is 2.49. The van der Waals surface area contributed by atoms with Crippen molar-refractivity contribution >= 4 is 16.9 Å². The molecule has 0 spiro atoms. The Morgan fingerprint density at radius 3 is 2.47 bits per heavy atom.